The van der Waals surface area contributed by atoms with Crippen molar-refractivity contribution in [2.45, 2.75) is 6.42 Å². The minimum Gasteiger partial charge on any atom is -0.435 e. The summed E-state index contributed by atoms with van der Waals surface area (Å²) in [6.07, 6.45) is 0.179. The van der Waals surface area contributed by atoms with Gasteiger partial charge in [-0.25, -0.2) is 4.79 Å². The average Bonchev–Trinajstić information content (AvgIpc) is 1.89. The van der Waals surface area contributed by atoms with E-state index in [2.05, 4.69) is 11.3 Å². The summed E-state index contributed by atoms with van der Waals surface area (Å²) in [6.45, 7) is 2.53. The molecule has 0 rings (SSSR count). The Balaban J connectivity index is 3.60. The Morgan fingerprint density at radius 3 is 2.50 bits per heavy atom. The molecule has 0 unspecified atom stereocenters. The van der Waals surface area contributed by atoms with Gasteiger partial charge in [0.05, 0.1) is 0 Å². The molecule has 0 aliphatic heterocycles. The fourth-order valence-electron chi connectivity index (χ4n) is 0.398. The number of carbonyl (C=O) groups excluding carboxylic acids is 1. The van der Waals surface area contributed by atoms with Crippen molar-refractivity contribution in [3.05, 3.63) is 12.2 Å². The van der Waals surface area contributed by atoms with E-state index >= 15 is 0 Å². The molecule has 0 spiro atoms. The van der Waals surface area contributed by atoms with Gasteiger partial charge in [-0.1, -0.05) is 6.58 Å². The van der Waals surface area contributed by atoms with Crippen LogP contribution in [0.15, 0.2) is 12.2 Å². The van der Waals surface area contributed by atoms with E-state index < -0.39 is 12.8 Å². The molecule has 0 aliphatic rings. The Labute approximate surface area is 58.7 Å². The Hall–Kier alpha value is -0.870. The number of aliphatic hydroxyl groups excluding tert-OH is 2. The molecule has 0 aromatic rings. The lowest BCUT2D eigenvalue weighted by atomic mass is 10.2. The summed E-state index contributed by atoms with van der Waals surface area (Å²) in [5, 5.41) is 16.4. The molecule has 0 saturated carbocycles. The third kappa shape index (κ3) is 3.21. The van der Waals surface area contributed by atoms with E-state index in [1.807, 2.05) is 0 Å². The van der Waals surface area contributed by atoms with Gasteiger partial charge in [0.1, 0.15) is 0 Å². The van der Waals surface area contributed by atoms with Crippen LogP contribution in [0.4, 0.5) is 0 Å². The maximum absolute atomic E-state index is 10.5. The monoisotopic (exact) mass is 146 g/mol. The zero-order chi connectivity index (χ0) is 7.98. The van der Waals surface area contributed by atoms with Crippen LogP contribution in [-0.2, 0) is 9.53 Å². The standard InChI is InChI=1S/C6H10O4/c1-5(2-3-7)6(9)10-4-8/h7-8H,1-4H2. The number of carbonyl (C=O) groups is 1. The highest BCUT2D eigenvalue weighted by molar-refractivity contribution is 5.87. The highest BCUT2D eigenvalue weighted by atomic mass is 16.6. The molecule has 0 radical (unpaired) electrons. The van der Waals surface area contributed by atoms with E-state index in [4.69, 9.17) is 10.2 Å². The summed E-state index contributed by atoms with van der Waals surface area (Å²) < 4.78 is 4.16. The molecule has 0 bridgehead atoms. The smallest absolute Gasteiger partial charge is 0.335 e. The normalized spacial score (nSPS) is 9.00. The number of aliphatic hydroxyl groups is 2. The SMILES string of the molecule is C=C(CCO)C(=O)OCO. The van der Waals surface area contributed by atoms with Gasteiger partial charge < -0.3 is 14.9 Å². The summed E-state index contributed by atoms with van der Waals surface area (Å²) in [4.78, 5) is 10.5. The summed E-state index contributed by atoms with van der Waals surface area (Å²) >= 11 is 0. The van der Waals surface area contributed by atoms with Crippen molar-refractivity contribution in [2.24, 2.45) is 0 Å². The van der Waals surface area contributed by atoms with E-state index in [0.29, 0.717) is 0 Å². The number of hydrogen-bond donors (Lipinski definition) is 2. The first-order valence-electron chi connectivity index (χ1n) is 2.79. The van der Waals surface area contributed by atoms with Gasteiger partial charge in [-0.05, 0) is 0 Å². The number of ether oxygens (including phenoxy) is 1. The lowest BCUT2D eigenvalue weighted by molar-refractivity contribution is -0.147. The van der Waals surface area contributed by atoms with Gasteiger partial charge in [-0.15, -0.1) is 0 Å². The fraction of sp³-hybridized carbons (Fsp3) is 0.500. The topological polar surface area (TPSA) is 66.8 Å². The maximum atomic E-state index is 10.5. The molecular weight excluding hydrogens is 136 g/mol. The van der Waals surface area contributed by atoms with Crippen molar-refractivity contribution in [1.29, 1.82) is 0 Å². The highest BCUT2D eigenvalue weighted by Gasteiger charge is 2.05. The third-order valence-corrected chi connectivity index (χ3v) is 0.898. The molecule has 4 heteroatoms. The van der Waals surface area contributed by atoms with Crippen LogP contribution in [0.3, 0.4) is 0 Å². The number of esters is 1. The minimum absolute atomic E-state index is 0.140. The number of rotatable bonds is 4. The third-order valence-electron chi connectivity index (χ3n) is 0.898. The van der Waals surface area contributed by atoms with Crippen LogP contribution in [0.25, 0.3) is 0 Å². The maximum Gasteiger partial charge on any atom is 0.335 e. The second-order valence-corrected chi connectivity index (χ2v) is 1.64. The van der Waals surface area contributed by atoms with E-state index in [1.54, 1.807) is 0 Å². The van der Waals surface area contributed by atoms with Crippen LogP contribution in [0.5, 0.6) is 0 Å². The van der Waals surface area contributed by atoms with Gasteiger partial charge in [-0.3, -0.25) is 0 Å². The first kappa shape index (κ1) is 9.13. The Bertz CT molecular complexity index is 114. The fourth-order valence-corrected chi connectivity index (χ4v) is 0.398. The molecule has 0 heterocycles. The van der Waals surface area contributed by atoms with E-state index in [0.717, 1.165) is 0 Å². The van der Waals surface area contributed by atoms with Gasteiger partial charge in [0, 0.05) is 18.6 Å². The van der Waals surface area contributed by atoms with Gasteiger partial charge in [0.25, 0.3) is 0 Å². The minimum atomic E-state index is -0.670. The van der Waals surface area contributed by atoms with Crippen molar-refractivity contribution in [2.75, 3.05) is 13.4 Å². The van der Waals surface area contributed by atoms with Gasteiger partial charge in [-0.2, -0.15) is 0 Å². The first-order valence-corrected chi connectivity index (χ1v) is 2.79. The predicted octanol–water partition coefficient (Wildman–Crippen LogP) is -0.582. The Morgan fingerprint density at radius 1 is 1.50 bits per heavy atom. The lowest BCUT2D eigenvalue weighted by Crippen LogP contribution is -2.08. The summed E-state index contributed by atoms with van der Waals surface area (Å²) in [6, 6.07) is 0. The molecule has 4 nitrogen and oxygen atoms in total. The van der Waals surface area contributed by atoms with Crippen molar-refractivity contribution >= 4 is 5.97 Å². The Kier molecular flexibility index (Phi) is 4.53. The van der Waals surface area contributed by atoms with Crippen molar-refractivity contribution < 1.29 is 19.7 Å². The molecule has 0 fully saturated rings. The molecule has 0 amide bonds. The summed E-state index contributed by atoms with van der Waals surface area (Å²) in [5.74, 6) is -0.670. The average molecular weight is 146 g/mol. The van der Waals surface area contributed by atoms with Gasteiger partial charge in [0.2, 0.25) is 0 Å². The quantitative estimate of drug-likeness (QED) is 0.316. The largest absolute Gasteiger partial charge is 0.435 e. The summed E-state index contributed by atoms with van der Waals surface area (Å²) in [5.41, 5.74) is 0.163. The lowest BCUT2D eigenvalue weighted by Gasteiger charge is -2.00. The van der Waals surface area contributed by atoms with Crippen molar-refractivity contribution in [1.82, 2.24) is 0 Å². The van der Waals surface area contributed by atoms with Crippen LogP contribution >= 0.6 is 0 Å². The van der Waals surface area contributed by atoms with Crippen molar-refractivity contribution in [3.8, 4) is 0 Å². The first-order chi connectivity index (χ1) is 4.72. The molecule has 0 aliphatic carbocycles. The van der Waals surface area contributed by atoms with E-state index in [-0.39, 0.29) is 18.6 Å². The van der Waals surface area contributed by atoms with Crippen LogP contribution in [0.1, 0.15) is 6.42 Å². The van der Waals surface area contributed by atoms with E-state index in [1.165, 1.54) is 0 Å². The van der Waals surface area contributed by atoms with Gasteiger partial charge in [0.15, 0.2) is 6.79 Å². The van der Waals surface area contributed by atoms with E-state index in [9.17, 15) is 4.79 Å². The van der Waals surface area contributed by atoms with Gasteiger partial charge >= 0.3 is 5.97 Å². The number of hydrogen-bond acceptors (Lipinski definition) is 4. The summed E-state index contributed by atoms with van der Waals surface area (Å²) in [7, 11) is 0. The molecule has 0 atom stereocenters. The second kappa shape index (κ2) is 4.96. The highest BCUT2D eigenvalue weighted by Crippen LogP contribution is 1.98. The second-order valence-electron chi connectivity index (χ2n) is 1.64. The molecule has 0 aromatic carbocycles. The van der Waals surface area contributed by atoms with Crippen LogP contribution in [0.2, 0.25) is 0 Å². The molecule has 0 aromatic heterocycles. The molecule has 0 saturated heterocycles. The Morgan fingerprint density at radius 2 is 2.10 bits per heavy atom. The van der Waals surface area contributed by atoms with Crippen LogP contribution in [-0.4, -0.2) is 29.6 Å². The zero-order valence-electron chi connectivity index (χ0n) is 5.54. The zero-order valence-corrected chi connectivity index (χ0v) is 5.54. The molecule has 58 valence electrons. The predicted molar refractivity (Wildman–Crippen MR) is 34.0 cm³/mol. The molecular formula is C6H10O4. The molecule has 2 N–H and O–H groups in total. The van der Waals surface area contributed by atoms with Crippen LogP contribution in [0, 0.1) is 0 Å². The molecule has 10 heavy (non-hydrogen) atoms. The van der Waals surface area contributed by atoms with Crippen molar-refractivity contribution in [3.63, 3.8) is 0 Å². The van der Waals surface area contributed by atoms with Crippen LogP contribution < -0.4 is 0 Å².